The van der Waals surface area contributed by atoms with Crippen LogP contribution in [0.15, 0.2) is 249 Å². The lowest BCUT2D eigenvalue weighted by Crippen LogP contribution is -1.86. The van der Waals surface area contributed by atoms with Crippen molar-refractivity contribution in [2.24, 2.45) is 0 Å². The van der Waals surface area contributed by atoms with Crippen molar-refractivity contribution in [3.8, 4) is 22.3 Å². The number of rotatable bonds is 7. The smallest absolute Gasteiger partial charge is 0.0440 e. The number of fused-ring (bicyclic) bond motifs is 10. The highest BCUT2D eigenvalue weighted by Gasteiger charge is 2.22. The molecule has 14 aromatic rings. The average molecular weight is 969 g/mol. The molecule has 2 heterocycles. The molecule has 0 aliphatic heterocycles. The molecule has 348 valence electrons. The van der Waals surface area contributed by atoms with Gasteiger partial charge in [-0.25, -0.2) is 0 Å². The molecular weight excluding hydrogens is 917 g/mol. The van der Waals surface area contributed by atoms with E-state index in [0.717, 1.165) is 6.42 Å². The molecule has 0 N–H and O–H groups in total. The van der Waals surface area contributed by atoms with E-state index in [0.29, 0.717) is 0 Å². The summed E-state index contributed by atoms with van der Waals surface area (Å²) >= 11 is 3.89. The van der Waals surface area contributed by atoms with Gasteiger partial charge in [-0.05, 0) is 98.5 Å². The average Bonchev–Trinajstić information content (AvgIpc) is 4.04. The van der Waals surface area contributed by atoms with Gasteiger partial charge < -0.3 is 0 Å². The van der Waals surface area contributed by atoms with Gasteiger partial charge in [0.2, 0.25) is 0 Å². The predicted molar refractivity (Wildman–Crippen MR) is 324 cm³/mol. The molecule has 0 saturated carbocycles. The van der Waals surface area contributed by atoms with Crippen LogP contribution in [0.5, 0.6) is 0 Å². The van der Waals surface area contributed by atoms with Crippen molar-refractivity contribution in [2.75, 3.05) is 0 Å². The highest BCUT2D eigenvalue weighted by molar-refractivity contribution is 7.27. The molecular formula is C71H52S2. The molecule has 2 heteroatoms. The van der Waals surface area contributed by atoms with Gasteiger partial charge in [0.1, 0.15) is 0 Å². The Morgan fingerprint density at radius 1 is 0.301 bits per heavy atom. The van der Waals surface area contributed by atoms with Gasteiger partial charge in [-0.3, -0.25) is 0 Å². The molecule has 0 aliphatic rings. The molecule has 12 aromatic carbocycles. The van der Waals surface area contributed by atoms with Crippen molar-refractivity contribution in [1.29, 1.82) is 0 Å². The van der Waals surface area contributed by atoms with Crippen LogP contribution in [0.4, 0.5) is 0 Å². The Morgan fingerprint density at radius 3 is 1.16 bits per heavy atom. The van der Waals surface area contributed by atoms with Crippen LogP contribution in [0.3, 0.4) is 0 Å². The summed E-state index contributed by atoms with van der Waals surface area (Å²) in [6, 6.07) is 87.5. The number of hydrogen-bond acceptors (Lipinski definition) is 2. The summed E-state index contributed by atoms with van der Waals surface area (Å²) in [5.41, 5.74) is 12.7. The summed E-state index contributed by atoms with van der Waals surface area (Å²) in [4.78, 5) is 0. The minimum Gasteiger partial charge on any atom is -0.134 e. The SMILES string of the molecule is C(=Cc1ccccc1)c1ccccc1.Cc1ccc(-c2ccc3c(c2)sc2c4cccc5c6c7ccc(-c8ccc(/C=C/Cc9ccccc9)cc8)cc7sc6c6cccc(c32)c6c45)cc1.Cc1ccccc1. The summed E-state index contributed by atoms with van der Waals surface area (Å²) < 4.78 is 5.46. The molecule has 0 amide bonds. The third-order valence-electron chi connectivity index (χ3n) is 13.9. The van der Waals surface area contributed by atoms with Gasteiger partial charge in [0.25, 0.3) is 0 Å². The summed E-state index contributed by atoms with van der Waals surface area (Å²) in [5.74, 6) is 0. The van der Waals surface area contributed by atoms with Gasteiger partial charge in [-0.2, -0.15) is 0 Å². The lowest BCUT2D eigenvalue weighted by molar-refractivity contribution is 1.28. The van der Waals surface area contributed by atoms with Crippen molar-refractivity contribution in [2.45, 2.75) is 20.3 Å². The minimum absolute atomic E-state index is 0.942. The van der Waals surface area contributed by atoms with E-state index in [4.69, 9.17) is 0 Å². The first-order valence-electron chi connectivity index (χ1n) is 25.1. The first kappa shape index (κ1) is 45.7. The van der Waals surface area contributed by atoms with E-state index in [1.54, 1.807) is 0 Å². The zero-order valence-corrected chi connectivity index (χ0v) is 42.6. The Hall–Kier alpha value is -8.40. The number of hydrogen-bond donors (Lipinski definition) is 0. The van der Waals surface area contributed by atoms with Gasteiger partial charge in [0, 0.05) is 51.1 Å². The fourth-order valence-electron chi connectivity index (χ4n) is 10.2. The van der Waals surface area contributed by atoms with E-state index < -0.39 is 0 Å². The monoisotopic (exact) mass is 968 g/mol. The second kappa shape index (κ2) is 20.4. The van der Waals surface area contributed by atoms with E-state index in [9.17, 15) is 0 Å². The van der Waals surface area contributed by atoms with Gasteiger partial charge in [-0.15, -0.1) is 22.7 Å². The Morgan fingerprint density at radius 2 is 0.699 bits per heavy atom. The van der Waals surface area contributed by atoms with Crippen molar-refractivity contribution in [1.82, 2.24) is 0 Å². The van der Waals surface area contributed by atoms with E-state index in [-0.39, 0.29) is 0 Å². The van der Waals surface area contributed by atoms with E-state index in [1.165, 1.54) is 128 Å². The maximum Gasteiger partial charge on any atom is 0.0440 e. The second-order valence-electron chi connectivity index (χ2n) is 18.9. The molecule has 0 nitrogen and oxygen atoms in total. The quantitative estimate of drug-likeness (QED) is 0.110. The molecule has 0 spiro atoms. The molecule has 0 fully saturated rings. The zero-order valence-electron chi connectivity index (χ0n) is 40.9. The van der Waals surface area contributed by atoms with Gasteiger partial charge in [-0.1, -0.05) is 266 Å². The summed E-state index contributed by atoms with van der Waals surface area (Å²) in [6.07, 6.45) is 9.66. The number of allylic oxidation sites excluding steroid dienone is 1. The molecule has 14 rings (SSSR count). The fraction of sp³-hybridized carbons (Fsp3) is 0.0423. The van der Waals surface area contributed by atoms with Gasteiger partial charge in [0.15, 0.2) is 0 Å². The number of benzene rings is 12. The molecule has 0 saturated heterocycles. The van der Waals surface area contributed by atoms with Crippen molar-refractivity contribution >= 4 is 114 Å². The zero-order chi connectivity index (χ0) is 49.1. The molecule has 0 aliphatic carbocycles. The largest absolute Gasteiger partial charge is 0.134 e. The maximum absolute atomic E-state index is 2.40. The van der Waals surface area contributed by atoms with Crippen LogP contribution in [0, 0.1) is 13.8 Å². The first-order chi connectivity index (χ1) is 36.0. The number of aryl methyl sites for hydroxylation is 2. The Labute approximate surface area is 435 Å². The summed E-state index contributed by atoms with van der Waals surface area (Å²) in [7, 11) is 0. The van der Waals surface area contributed by atoms with E-state index in [1.807, 2.05) is 77.3 Å². The fourth-order valence-corrected chi connectivity index (χ4v) is 12.8. The third kappa shape index (κ3) is 9.36. The molecule has 0 bridgehead atoms. The van der Waals surface area contributed by atoms with Crippen molar-refractivity contribution < 1.29 is 0 Å². The van der Waals surface area contributed by atoms with Crippen LogP contribution in [0.1, 0.15) is 33.4 Å². The molecule has 2 aromatic heterocycles. The van der Waals surface area contributed by atoms with Gasteiger partial charge in [0.05, 0.1) is 0 Å². The Kier molecular flexibility index (Phi) is 12.8. The van der Waals surface area contributed by atoms with E-state index in [2.05, 4.69) is 226 Å². The van der Waals surface area contributed by atoms with E-state index >= 15 is 0 Å². The Balaban J connectivity index is 0.000000214. The molecule has 73 heavy (non-hydrogen) atoms. The van der Waals surface area contributed by atoms with Crippen molar-refractivity contribution in [3.63, 3.8) is 0 Å². The third-order valence-corrected chi connectivity index (χ3v) is 16.3. The predicted octanol–water partition coefficient (Wildman–Crippen LogP) is 21.1. The standard InChI is InChI=1S/C50H32S2.C14H12.C7H8/c1-30-16-20-33(21-17-30)35-24-26-37-43(28-35)51-49-41-14-7-13-40-46(41)45-39(47(37)49)12-6-15-42(45)50-48(40)38-27-25-36(29-44(38)52-50)34-22-18-32(19-23-34)11-5-10-31-8-3-2-4-9-31;1-3-7-13(8-4-1)11-12-14-9-5-2-6-10-14;1-7-5-3-2-4-6-7/h2-9,11-29H,10H2,1H3;1-12H;2-6H,1H3/b11-5+;;. The second-order valence-corrected chi connectivity index (χ2v) is 21.0. The topological polar surface area (TPSA) is 0 Å². The van der Waals surface area contributed by atoms with Crippen LogP contribution in [0.2, 0.25) is 0 Å². The normalized spacial score (nSPS) is 11.6. The maximum atomic E-state index is 2.40. The van der Waals surface area contributed by atoms with Crippen LogP contribution < -0.4 is 0 Å². The van der Waals surface area contributed by atoms with Gasteiger partial charge >= 0.3 is 0 Å². The minimum atomic E-state index is 0.942. The molecule has 0 unspecified atom stereocenters. The van der Waals surface area contributed by atoms with Crippen molar-refractivity contribution in [3.05, 3.63) is 282 Å². The van der Waals surface area contributed by atoms with Crippen LogP contribution >= 0.6 is 22.7 Å². The summed E-state index contributed by atoms with van der Waals surface area (Å²) in [6.45, 7) is 4.23. The molecule has 0 atom stereocenters. The van der Waals surface area contributed by atoms with Crippen LogP contribution in [0.25, 0.3) is 113 Å². The van der Waals surface area contributed by atoms with Crippen LogP contribution in [-0.2, 0) is 6.42 Å². The first-order valence-corrected chi connectivity index (χ1v) is 26.7. The lowest BCUT2D eigenvalue weighted by atomic mass is 9.89. The molecule has 0 radical (unpaired) electrons. The number of thiophene rings is 2. The Bertz CT molecular complexity index is 4200. The highest BCUT2D eigenvalue weighted by Crippen LogP contribution is 2.52. The summed E-state index contributed by atoms with van der Waals surface area (Å²) in [5, 5.41) is 13.7. The lowest BCUT2D eigenvalue weighted by Gasteiger charge is -2.14. The van der Waals surface area contributed by atoms with Crippen LogP contribution in [-0.4, -0.2) is 0 Å². The highest BCUT2D eigenvalue weighted by atomic mass is 32.1.